The minimum Gasteiger partial charge on any atom is -0.382 e. The molecule has 1 aliphatic heterocycles. The first-order valence-corrected chi connectivity index (χ1v) is 8.76. The number of amides is 1. The number of nitrogens with one attached hydrogen (secondary N) is 2. The van der Waals surface area contributed by atoms with Gasteiger partial charge in [-0.25, -0.2) is 9.97 Å². The van der Waals surface area contributed by atoms with Crippen molar-refractivity contribution in [2.24, 2.45) is 0 Å². The van der Waals surface area contributed by atoms with Gasteiger partial charge in [-0.3, -0.25) is 4.79 Å². The van der Waals surface area contributed by atoms with E-state index < -0.39 is 0 Å². The van der Waals surface area contributed by atoms with Crippen LogP contribution in [0.4, 0.5) is 5.69 Å². The smallest absolute Gasteiger partial charge is 0.272 e. The van der Waals surface area contributed by atoms with Crippen LogP contribution in [-0.2, 0) is 0 Å². The molecule has 21 heavy (non-hydrogen) atoms. The maximum Gasteiger partial charge on any atom is 0.272 e. The maximum atomic E-state index is 12.5. The topological polar surface area (TPSA) is 66.9 Å². The lowest BCUT2D eigenvalue weighted by Crippen LogP contribution is -2.35. The summed E-state index contributed by atoms with van der Waals surface area (Å²) < 4.78 is 0. The first-order chi connectivity index (χ1) is 10.1. The van der Waals surface area contributed by atoms with Gasteiger partial charge in [-0.2, -0.15) is 11.8 Å². The molecule has 2 N–H and O–H groups in total. The fourth-order valence-electron chi connectivity index (χ4n) is 2.14. The lowest BCUT2D eigenvalue weighted by molar-refractivity contribution is 0.0936. The van der Waals surface area contributed by atoms with E-state index >= 15 is 0 Å². The molecule has 1 fully saturated rings. The summed E-state index contributed by atoms with van der Waals surface area (Å²) >= 11 is 1.88. The second-order valence-electron chi connectivity index (χ2n) is 5.61. The highest BCUT2D eigenvalue weighted by molar-refractivity contribution is 7.99. The Morgan fingerprint density at radius 3 is 2.95 bits per heavy atom. The minimum absolute atomic E-state index is 0.0922. The normalized spacial score (nSPS) is 18.0. The SMILES string of the molecule is CCCNc1cnc(C(C)C)nc1C(=O)NC1CCSC1. The third-order valence-electron chi connectivity index (χ3n) is 3.37. The summed E-state index contributed by atoms with van der Waals surface area (Å²) in [6.07, 6.45) is 3.76. The average Bonchev–Trinajstić information content (AvgIpc) is 2.97. The highest BCUT2D eigenvalue weighted by atomic mass is 32.2. The molecule has 1 saturated heterocycles. The van der Waals surface area contributed by atoms with Crippen molar-refractivity contribution in [1.29, 1.82) is 0 Å². The molecular formula is C15H24N4OS. The molecule has 1 aromatic rings. The Kier molecular flexibility index (Phi) is 5.85. The van der Waals surface area contributed by atoms with Crippen LogP contribution in [0.2, 0.25) is 0 Å². The van der Waals surface area contributed by atoms with Gasteiger partial charge in [-0.05, 0) is 18.6 Å². The zero-order chi connectivity index (χ0) is 15.2. The van der Waals surface area contributed by atoms with Crippen LogP contribution >= 0.6 is 11.8 Å². The monoisotopic (exact) mass is 308 g/mol. The van der Waals surface area contributed by atoms with E-state index in [0.717, 1.165) is 36.6 Å². The van der Waals surface area contributed by atoms with Crippen molar-refractivity contribution in [2.45, 2.75) is 45.6 Å². The lowest BCUT2D eigenvalue weighted by Gasteiger charge is -2.15. The number of anilines is 1. The van der Waals surface area contributed by atoms with Crippen molar-refractivity contribution in [3.05, 3.63) is 17.7 Å². The van der Waals surface area contributed by atoms with Gasteiger partial charge in [0, 0.05) is 24.3 Å². The van der Waals surface area contributed by atoms with Gasteiger partial charge < -0.3 is 10.6 Å². The van der Waals surface area contributed by atoms with E-state index in [4.69, 9.17) is 0 Å². The first kappa shape index (κ1) is 16.1. The highest BCUT2D eigenvalue weighted by Crippen LogP contribution is 2.20. The summed E-state index contributed by atoms with van der Waals surface area (Å²) in [5.74, 6) is 2.94. The number of hydrogen-bond donors (Lipinski definition) is 2. The van der Waals surface area contributed by atoms with Crippen molar-refractivity contribution in [2.75, 3.05) is 23.4 Å². The van der Waals surface area contributed by atoms with E-state index in [1.807, 2.05) is 25.6 Å². The Bertz CT molecular complexity index is 487. The number of carbonyl (C=O) groups is 1. The third kappa shape index (κ3) is 4.33. The van der Waals surface area contributed by atoms with E-state index in [0.29, 0.717) is 11.5 Å². The molecule has 1 aliphatic rings. The molecule has 5 nitrogen and oxygen atoms in total. The zero-order valence-electron chi connectivity index (χ0n) is 13.0. The number of carbonyl (C=O) groups excluding carboxylic acids is 1. The molecule has 116 valence electrons. The highest BCUT2D eigenvalue weighted by Gasteiger charge is 2.22. The Hall–Kier alpha value is -1.30. The van der Waals surface area contributed by atoms with Crippen molar-refractivity contribution in [3.63, 3.8) is 0 Å². The molecule has 0 saturated carbocycles. The van der Waals surface area contributed by atoms with Gasteiger partial charge >= 0.3 is 0 Å². The number of hydrogen-bond acceptors (Lipinski definition) is 5. The van der Waals surface area contributed by atoms with Crippen molar-refractivity contribution in [3.8, 4) is 0 Å². The van der Waals surface area contributed by atoms with Gasteiger partial charge in [0.25, 0.3) is 5.91 Å². The molecule has 0 bridgehead atoms. The Morgan fingerprint density at radius 1 is 1.52 bits per heavy atom. The molecule has 0 aromatic carbocycles. The summed E-state index contributed by atoms with van der Waals surface area (Å²) in [4.78, 5) is 21.3. The second-order valence-corrected chi connectivity index (χ2v) is 6.76. The molecule has 0 aliphatic carbocycles. The Balaban J connectivity index is 2.19. The maximum absolute atomic E-state index is 12.5. The summed E-state index contributed by atoms with van der Waals surface area (Å²) in [5.41, 5.74) is 1.20. The minimum atomic E-state index is -0.0922. The van der Waals surface area contributed by atoms with E-state index in [1.54, 1.807) is 6.20 Å². The van der Waals surface area contributed by atoms with Crippen LogP contribution in [0.1, 0.15) is 55.8 Å². The fraction of sp³-hybridized carbons (Fsp3) is 0.667. The molecule has 1 amide bonds. The predicted molar refractivity (Wildman–Crippen MR) is 88.1 cm³/mol. The van der Waals surface area contributed by atoms with Gasteiger partial charge in [0.1, 0.15) is 5.82 Å². The summed E-state index contributed by atoms with van der Waals surface area (Å²) in [5, 5.41) is 6.33. The fourth-order valence-corrected chi connectivity index (χ4v) is 3.29. The molecule has 0 radical (unpaired) electrons. The van der Waals surface area contributed by atoms with Crippen molar-refractivity contribution in [1.82, 2.24) is 15.3 Å². The predicted octanol–water partition coefficient (Wildman–Crippen LogP) is 2.66. The van der Waals surface area contributed by atoms with Gasteiger partial charge in [-0.15, -0.1) is 0 Å². The molecule has 2 rings (SSSR count). The van der Waals surface area contributed by atoms with Gasteiger partial charge in [0.15, 0.2) is 5.69 Å². The summed E-state index contributed by atoms with van der Waals surface area (Å²) in [7, 11) is 0. The molecule has 1 aromatic heterocycles. The third-order valence-corrected chi connectivity index (χ3v) is 4.53. The van der Waals surface area contributed by atoms with E-state index in [9.17, 15) is 4.79 Å². The summed E-state index contributed by atoms with van der Waals surface area (Å²) in [6.45, 7) is 6.96. The van der Waals surface area contributed by atoms with Gasteiger partial charge in [-0.1, -0.05) is 20.8 Å². The second kappa shape index (κ2) is 7.64. The first-order valence-electron chi connectivity index (χ1n) is 7.61. The lowest BCUT2D eigenvalue weighted by atomic mass is 10.2. The van der Waals surface area contributed by atoms with Crippen LogP contribution in [0.25, 0.3) is 0 Å². The van der Waals surface area contributed by atoms with Crippen LogP contribution in [0.3, 0.4) is 0 Å². The molecule has 0 spiro atoms. The Morgan fingerprint density at radius 2 is 2.33 bits per heavy atom. The molecule has 1 atom stereocenters. The average molecular weight is 308 g/mol. The van der Waals surface area contributed by atoms with Crippen molar-refractivity contribution < 1.29 is 4.79 Å². The summed E-state index contributed by atoms with van der Waals surface area (Å²) in [6, 6.07) is 0.263. The van der Waals surface area contributed by atoms with E-state index in [-0.39, 0.29) is 17.9 Å². The molecular weight excluding hydrogens is 284 g/mol. The van der Waals surface area contributed by atoms with Crippen LogP contribution < -0.4 is 10.6 Å². The van der Waals surface area contributed by atoms with Crippen molar-refractivity contribution >= 4 is 23.4 Å². The van der Waals surface area contributed by atoms with E-state index in [2.05, 4.69) is 27.5 Å². The molecule has 1 unspecified atom stereocenters. The standard InChI is InChI=1S/C15H24N4OS/c1-4-6-16-12-8-17-14(10(2)3)19-13(12)15(20)18-11-5-7-21-9-11/h8,10-11,16H,4-7,9H2,1-3H3,(H,18,20). The largest absolute Gasteiger partial charge is 0.382 e. The van der Waals surface area contributed by atoms with Gasteiger partial charge in [0.05, 0.1) is 11.9 Å². The van der Waals surface area contributed by atoms with Crippen LogP contribution in [0.5, 0.6) is 0 Å². The van der Waals surface area contributed by atoms with E-state index in [1.165, 1.54) is 0 Å². The quantitative estimate of drug-likeness (QED) is 0.845. The number of rotatable bonds is 6. The zero-order valence-corrected chi connectivity index (χ0v) is 13.8. The number of thioether (sulfide) groups is 1. The van der Waals surface area contributed by atoms with Crippen LogP contribution in [-0.4, -0.2) is 40.0 Å². The van der Waals surface area contributed by atoms with Crippen LogP contribution in [0, 0.1) is 0 Å². The van der Waals surface area contributed by atoms with Gasteiger partial charge in [0.2, 0.25) is 0 Å². The molecule has 6 heteroatoms. The van der Waals surface area contributed by atoms with Crippen LogP contribution in [0.15, 0.2) is 6.20 Å². The number of aromatic nitrogens is 2. The number of nitrogens with zero attached hydrogens (tertiary/aromatic N) is 2. The molecule has 2 heterocycles. The Labute approximate surface area is 130 Å².